The molecule has 1 aliphatic rings. The van der Waals surface area contributed by atoms with Crippen LogP contribution in [0.25, 0.3) is 5.65 Å². The zero-order chi connectivity index (χ0) is 20.3. The Morgan fingerprint density at radius 2 is 2.04 bits per heavy atom. The lowest BCUT2D eigenvalue weighted by atomic mass is 9.97. The van der Waals surface area contributed by atoms with Crippen LogP contribution in [-0.2, 0) is 11.3 Å². The van der Waals surface area contributed by atoms with Crippen molar-refractivity contribution in [2.24, 2.45) is 5.92 Å². The summed E-state index contributed by atoms with van der Waals surface area (Å²) in [4.78, 5) is 30.9. The lowest BCUT2D eigenvalue weighted by Gasteiger charge is -2.32. The van der Waals surface area contributed by atoms with Crippen LogP contribution in [0.5, 0.6) is 0 Å². The lowest BCUT2D eigenvalue weighted by Crippen LogP contribution is -2.40. The summed E-state index contributed by atoms with van der Waals surface area (Å²) in [5.74, 6) is 0.432. The molecular weight excluding hydrogens is 380 g/mol. The van der Waals surface area contributed by atoms with Crippen LogP contribution >= 0.6 is 11.6 Å². The maximum Gasteiger partial charge on any atom is 0.407 e. The third-order valence-electron chi connectivity index (χ3n) is 4.70. The number of halogens is 1. The highest BCUT2D eigenvalue weighted by Gasteiger charge is 2.22. The first kappa shape index (κ1) is 20.6. The number of alkyl carbamates (subject to hydrolysis) is 1. The second kappa shape index (κ2) is 8.49. The quantitative estimate of drug-likeness (QED) is 0.844. The molecule has 152 valence electrons. The van der Waals surface area contributed by atoms with E-state index in [2.05, 4.69) is 15.2 Å². The van der Waals surface area contributed by atoms with Gasteiger partial charge in [0.05, 0.1) is 10.7 Å². The van der Waals surface area contributed by atoms with Gasteiger partial charge in [-0.15, -0.1) is 0 Å². The first-order valence-electron chi connectivity index (χ1n) is 9.57. The van der Waals surface area contributed by atoms with Gasteiger partial charge in [0.2, 0.25) is 0 Å². The molecule has 1 N–H and O–H groups in total. The van der Waals surface area contributed by atoms with Crippen LogP contribution in [0.4, 0.5) is 4.79 Å². The number of aromatic nitrogens is 2. The molecular formula is C20H27ClN4O3. The van der Waals surface area contributed by atoms with Crippen LogP contribution in [-0.4, -0.2) is 45.6 Å². The standard InChI is InChI=1S/C20H27ClN4O3/c1-20(2,3)28-19(27)22-11-14-6-8-24(9-7-14)13-16-10-18(26)25-12-15(21)4-5-17(25)23-16/h4-5,10,12,14H,6-9,11,13H2,1-3H3,(H,22,27). The highest BCUT2D eigenvalue weighted by Crippen LogP contribution is 2.18. The fourth-order valence-corrected chi connectivity index (χ4v) is 3.49. The van der Waals surface area contributed by atoms with Crippen molar-refractivity contribution in [1.82, 2.24) is 19.6 Å². The summed E-state index contributed by atoms with van der Waals surface area (Å²) in [5, 5.41) is 3.36. The molecule has 2 aromatic rings. The zero-order valence-corrected chi connectivity index (χ0v) is 17.3. The Morgan fingerprint density at radius 1 is 1.32 bits per heavy atom. The molecule has 3 rings (SSSR count). The van der Waals surface area contributed by atoms with Gasteiger partial charge in [-0.1, -0.05) is 11.6 Å². The van der Waals surface area contributed by atoms with Crippen LogP contribution in [0.3, 0.4) is 0 Å². The molecule has 0 atom stereocenters. The molecule has 1 saturated heterocycles. The van der Waals surface area contributed by atoms with Crippen molar-refractivity contribution >= 4 is 23.3 Å². The monoisotopic (exact) mass is 406 g/mol. The van der Waals surface area contributed by atoms with Gasteiger partial charge in [-0.3, -0.25) is 14.1 Å². The molecule has 1 fully saturated rings. The number of piperidine rings is 1. The van der Waals surface area contributed by atoms with Crippen LogP contribution in [0.2, 0.25) is 5.02 Å². The molecule has 0 spiro atoms. The zero-order valence-electron chi connectivity index (χ0n) is 16.6. The molecule has 7 nitrogen and oxygen atoms in total. The maximum absolute atomic E-state index is 12.3. The van der Waals surface area contributed by atoms with Crippen molar-refractivity contribution in [2.75, 3.05) is 19.6 Å². The molecule has 8 heteroatoms. The summed E-state index contributed by atoms with van der Waals surface area (Å²) >= 11 is 5.95. The highest BCUT2D eigenvalue weighted by atomic mass is 35.5. The molecule has 0 radical (unpaired) electrons. The number of rotatable bonds is 4. The topological polar surface area (TPSA) is 75.9 Å². The Morgan fingerprint density at radius 3 is 2.71 bits per heavy atom. The van der Waals surface area contributed by atoms with E-state index in [0.717, 1.165) is 31.6 Å². The van der Waals surface area contributed by atoms with E-state index in [-0.39, 0.29) is 11.7 Å². The molecule has 0 saturated carbocycles. The third kappa shape index (κ3) is 5.69. The van der Waals surface area contributed by atoms with E-state index in [0.29, 0.717) is 29.7 Å². The number of carbonyl (C=O) groups is 1. The van der Waals surface area contributed by atoms with Gasteiger partial charge in [0, 0.05) is 25.4 Å². The number of hydrogen-bond donors (Lipinski definition) is 1. The average molecular weight is 407 g/mol. The fraction of sp³-hybridized carbons (Fsp3) is 0.550. The Hall–Kier alpha value is -2.12. The summed E-state index contributed by atoms with van der Waals surface area (Å²) in [5.41, 5.74) is 0.754. The van der Waals surface area contributed by atoms with Crippen LogP contribution in [0.15, 0.2) is 29.2 Å². The minimum Gasteiger partial charge on any atom is -0.444 e. The van der Waals surface area contributed by atoms with Crippen molar-refractivity contribution in [1.29, 1.82) is 0 Å². The summed E-state index contributed by atoms with van der Waals surface area (Å²) in [6, 6.07) is 5.05. The number of pyridine rings is 1. The van der Waals surface area contributed by atoms with Gasteiger partial charge in [-0.05, 0) is 64.8 Å². The second-order valence-corrected chi connectivity index (χ2v) is 8.70. The number of carbonyl (C=O) groups excluding carboxylic acids is 1. The van der Waals surface area contributed by atoms with Crippen LogP contribution in [0.1, 0.15) is 39.3 Å². The maximum atomic E-state index is 12.3. The van der Waals surface area contributed by atoms with Gasteiger partial charge in [0.25, 0.3) is 5.56 Å². The molecule has 0 bridgehead atoms. The van der Waals surface area contributed by atoms with E-state index in [4.69, 9.17) is 16.3 Å². The Kier molecular flexibility index (Phi) is 6.25. The highest BCUT2D eigenvalue weighted by molar-refractivity contribution is 6.30. The van der Waals surface area contributed by atoms with Gasteiger partial charge in [-0.25, -0.2) is 9.78 Å². The minimum atomic E-state index is -0.482. The summed E-state index contributed by atoms with van der Waals surface area (Å²) in [7, 11) is 0. The van der Waals surface area contributed by atoms with Crippen molar-refractivity contribution in [3.8, 4) is 0 Å². The second-order valence-electron chi connectivity index (χ2n) is 8.26. The Labute approximate surface area is 169 Å². The van der Waals surface area contributed by atoms with E-state index < -0.39 is 5.60 Å². The first-order chi connectivity index (χ1) is 13.2. The fourth-order valence-electron chi connectivity index (χ4n) is 3.33. The number of likely N-dealkylation sites (tertiary alicyclic amines) is 1. The molecule has 28 heavy (non-hydrogen) atoms. The minimum absolute atomic E-state index is 0.126. The summed E-state index contributed by atoms with van der Waals surface area (Å²) < 4.78 is 6.73. The third-order valence-corrected chi connectivity index (χ3v) is 4.93. The number of amides is 1. The SMILES string of the molecule is CC(C)(C)OC(=O)NCC1CCN(Cc2cc(=O)n3cc(Cl)ccc3n2)CC1. The predicted molar refractivity (Wildman–Crippen MR) is 109 cm³/mol. The van der Waals surface area contributed by atoms with Crippen molar-refractivity contribution < 1.29 is 9.53 Å². The molecule has 0 unspecified atom stereocenters. The van der Waals surface area contributed by atoms with Gasteiger partial charge in [0.1, 0.15) is 11.2 Å². The molecule has 2 aromatic heterocycles. The largest absolute Gasteiger partial charge is 0.444 e. The van der Waals surface area contributed by atoms with Gasteiger partial charge in [-0.2, -0.15) is 0 Å². The van der Waals surface area contributed by atoms with E-state index in [1.54, 1.807) is 24.4 Å². The number of hydrogen-bond acceptors (Lipinski definition) is 5. The molecule has 0 aromatic carbocycles. The van der Waals surface area contributed by atoms with Crippen molar-refractivity contribution in [3.63, 3.8) is 0 Å². The van der Waals surface area contributed by atoms with Crippen LogP contribution in [0, 0.1) is 5.92 Å². The molecule has 1 amide bonds. The van der Waals surface area contributed by atoms with Gasteiger partial charge in [0.15, 0.2) is 0 Å². The van der Waals surface area contributed by atoms with E-state index in [1.807, 2.05) is 20.8 Å². The summed E-state index contributed by atoms with van der Waals surface area (Å²) in [6.07, 6.45) is 3.19. The predicted octanol–water partition coefficient (Wildman–Crippen LogP) is 3.08. The lowest BCUT2D eigenvalue weighted by molar-refractivity contribution is 0.0509. The number of nitrogens with one attached hydrogen (secondary N) is 1. The first-order valence-corrected chi connectivity index (χ1v) is 9.94. The Balaban J connectivity index is 1.51. The summed E-state index contributed by atoms with van der Waals surface area (Å²) in [6.45, 7) is 8.63. The van der Waals surface area contributed by atoms with E-state index in [1.165, 1.54) is 4.40 Å². The smallest absolute Gasteiger partial charge is 0.407 e. The van der Waals surface area contributed by atoms with E-state index in [9.17, 15) is 9.59 Å². The van der Waals surface area contributed by atoms with Gasteiger partial charge >= 0.3 is 6.09 Å². The van der Waals surface area contributed by atoms with Crippen molar-refractivity contribution in [3.05, 3.63) is 45.5 Å². The van der Waals surface area contributed by atoms with E-state index >= 15 is 0 Å². The molecule has 1 aliphatic heterocycles. The Bertz CT molecular complexity index is 898. The normalized spacial score (nSPS) is 16.3. The average Bonchev–Trinajstić information content (AvgIpc) is 2.60. The van der Waals surface area contributed by atoms with Gasteiger partial charge < -0.3 is 10.1 Å². The number of fused-ring (bicyclic) bond motifs is 1. The van der Waals surface area contributed by atoms with Crippen LogP contribution < -0.4 is 10.9 Å². The number of nitrogens with zero attached hydrogens (tertiary/aromatic N) is 3. The molecule has 3 heterocycles. The number of ether oxygens (including phenoxy) is 1. The molecule has 0 aliphatic carbocycles. The van der Waals surface area contributed by atoms with Crippen molar-refractivity contribution in [2.45, 2.75) is 45.8 Å².